The van der Waals surface area contributed by atoms with Crippen molar-refractivity contribution in [1.29, 1.82) is 0 Å². The van der Waals surface area contributed by atoms with Crippen molar-refractivity contribution in [2.24, 2.45) is 0 Å². The molecule has 0 aliphatic carbocycles. The smallest absolute Gasteiger partial charge is 0.105 e. The molecule has 0 heterocycles. The fourth-order valence-electron chi connectivity index (χ4n) is 2.19. The predicted molar refractivity (Wildman–Crippen MR) is 71.3 cm³/mol. The van der Waals surface area contributed by atoms with E-state index in [1.54, 1.807) is 7.11 Å². The van der Waals surface area contributed by atoms with E-state index in [1.165, 1.54) is 11.1 Å². The lowest BCUT2D eigenvalue weighted by Gasteiger charge is -2.23. The number of aliphatic hydroxyl groups is 1. The van der Waals surface area contributed by atoms with Gasteiger partial charge >= 0.3 is 0 Å². The summed E-state index contributed by atoms with van der Waals surface area (Å²) in [5, 5.41) is 10.4. The maximum absolute atomic E-state index is 10.4. The first-order valence-electron chi connectivity index (χ1n) is 6.29. The van der Waals surface area contributed by atoms with E-state index in [-0.39, 0.29) is 6.10 Å². The van der Waals surface area contributed by atoms with E-state index in [2.05, 4.69) is 32.9 Å². The molecule has 96 valence electrons. The first-order chi connectivity index (χ1) is 8.01. The molecule has 0 bridgehead atoms. The first-order valence-corrected chi connectivity index (χ1v) is 6.29. The Morgan fingerprint density at radius 2 is 1.71 bits per heavy atom. The van der Waals surface area contributed by atoms with E-state index in [0.29, 0.717) is 0 Å². The van der Waals surface area contributed by atoms with Gasteiger partial charge in [0.15, 0.2) is 0 Å². The summed E-state index contributed by atoms with van der Waals surface area (Å²) in [5.74, 6) is 0. The average molecular weight is 236 g/mol. The Balaban J connectivity index is 3.02. The van der Waals surface area contributed by atoms with E-state index in [9.17, 15) is 5.11 Å². The van der Waals surface area contributed by atoms with E-state index in [1.807, 2.05) is 6.92 Å². The Morgan fingerprint density at radius 1 is 1.12 bits per heavy atom. The maximum atomic E-state index is 10.4. The van der Waals surface area contributed by atoms with Crippen LogP contribution in [-0.2, 0) is 4.74 Å². The molecular weight excluding hydrogens is 212 g/mol. The summed E-state index contributed by atoms with van der Waals surface area (Å²) in [5.41, 5.74) is 4.62. The molecule has 0 aliphatic rings. The van der Waals surface area contributed by atoms with Gasteiger partial charge in [-0.05, 0) is 49.4 Å². The maximum Gasteiger partial charge on any atom is 0.105 e. The SMILES string of the molecule is CCCC(OC)C(O)c1cc(C)c(C)cc1C. The van der Waals surface area contributed by atoms with Crippen molar-refractivity contribution >= 4 is 0 Å². The number of rotatable bonds is 5. The Kier molecular flexibility index (Phi) is 5.16. The van der Waals surface area contributed by atoms with Gasteiger partial charge in [-0.15, -0.1) is 0 Å². The van der Waals surface area contributed by atoms with Gasteiger partial charge in [-0.3, -0.25) is 0 Å². The second-order valence-electron chi connectivity index (χ2n) is 4.80. The molecule has 0 saturated carbocycles. The largest absolute Gasteiger partial charge is 0.386 e. The highest BCUT2D eigenvalue weighted by Crippen LogP contribution is 2.27. The van der Waals surface area contributed by atoms with Crippen molar-refractivity contribution in [3.63, 3.8) is 0 Å². The van der Waals surface area contributed by atoms with E-state index in [0.717, 1.165) is 24.0 Å². The summed E-state index contributed by atoms with van der Waals surface area (Å²) in [6.45, 7) is 8.32. The Bertz CT molecular complexity index is 371. The number of benzene rings is 1. The van der Waals surface area contributed by atoms with E-state index in [4.69, 9.17) is 4.74 Å². The van der Waals surface area contributed by atoms with Crippen LogP contribution >= 0.6 is 0 Å². The standard InChI is InChI=1S/C15H24O2/c1-6-7-14(17-5)15(16)13-9-11(3)10(2)8-12(13)4/h8-9,14-16H,6-7H2,1-5H3. The third-order valence-corrected chi connectivity index (χ3v) is 3.43. The van der Waals surface area contributed by atoms with Gasteiger partial charge in [0.2, 0.25) is 0 Å². The number of ether oxygens (including phenoxy) is 1. The van der Waals surface area contributed by atoms with E-state index >= 15 is 0 Å². The van der Waals surface area contributed by atoms with Crippen LogP contribution in [0.5, 0.6) is 0 Å². The van der Waals surface area contributed by atoms with Crippen LogP contribution in [0.25, 0.3) is 0 Å². The lowest BCUT2D eigenvalue weighted by atomic mass is 9.93. The highest BCUT2D eigenvalue weighted by atomic mass is 16.5. The predicted octanol–water partition coefficient (Wildman–Crippen LogP) is 3.46. The second-order valence-corrected chi connectivity index (χ2v) is 4.80. The summed E-state index contributed by atoms with van der Waals surface area (Å²) in [6, 6.07) is 4.21. The highest BCUT2D eigenvalue weighted by Gasteiger charge is 2.21. The number of aliphatic hydroxyl groups excluding tert-OH is 1. The van der Waals surface area contributed by atoms with Gasteiger partial charge in [0.05, 0.1) is 6.10 Å². The van der Waals surface area contributed by atoms with Gasteiger partial charge in [-0.1, -0.05) is 25.5 Å². The third kappa shape index (κ3) is 3.30. The van der Waals surface area contributed by atoms with Crippen molar-refractivity contribution in [3.05, 3.63) is 34.4 Å². The first kappa shape index (κ1) is 14.2. The van der Waals surface area contributed by atoms with Gasteiger partial charge in [-0.25, -0.2) is 0 Å². The summed E-state index contributed by atoms with van der Waals surface area (Å²) in [4.78, 5) is 0. The molecule has 2 nitrogen and oxygen atoms in total. The second kappa shape index (κ2) is 6.18. The lowest BCUT2D eigenvalue weighted by Crippen LogP contribution is -2.21. The third-order valence-electron chi connectivity index (χ3n) is 3.43. The summed E-state index contributed by atoms with van der Waals surface area (Å²) < 4.78 is 5.38. The molecular formula is C15H24O2. The minimum absolute atomic E-state index is 0.110. The molecule has 2 heteroatoms. The number of methoxy groups -OCH3 is 1. The van der Waals surface area contributed by atoms with Crippen molar-refractivity contribution < 1.29 is 9.84 Å². The van der Waals surface area contributed by atoms with Crippen molar-refractivity contribution in [1.82, 2.24) is 0 Å². The zero-order chi connectivity index (χ0) is 13.0. The van der Waals surface area contributed by atoms with Crippen LogP contribution < -0.4 is 0 Å². The lowest BCUT2D eigenvalue weighted by molar-refractivity contribution is -0.0182. The van der Waals surface area contributed by atoms with Gasteiger partial charge in [0, 0.05) is 7.11 Å². The van der Waals surface area contributed by atoms with Crippen LogP contribution in [0.3, 0.4) is 0 Å². The summed E-state index contributed by atoms with van der Waals surface area (Å²) in [6.07, 6.45) is 1.25. The Morgan fingerprint density at radius 3 is 2.24 bits per heavy atom. The molecule has 0 spiro atoms. The zero-order valence-electron chi connectivity index (χ0n) is 11.6. The minimum atomic E-state index is -0.528. The summed E-state index contributed by atoms with van der Waals surface area (Å²) in [7, 11) is 1.67. The van der Waals surface area contributed by atoms with Crippen molar-refractivity contribution in [2.75, 3.05) is 7.11 Å². The molecule has 1 N–H and O–H groups in total. The van der Waals surface area contributed by atoms with Gasteiger partial charge in [0.1, 0.15) is 6.10 Å². The quantitative estimate of drug-likeness (QED) is 0.848. The topological polar surface area (TPSA) is 29.5 Å². The molecule has 17 heavy (non-hydrogen) atoms. The van der Waals surface area contributed by atoms with E-state index < -0.39 is 6.10 Å². The molecule has 0 aliphatic heterocycles. The molecule has 2 unspecified atom stereocenters. The number of hydrogen-bond acceptors (Lipinski definition) is 2. The van der Waals surface area contributed by atoms with Crippen LogP contribution in [0.1, 0.15) is 48.1 Å². The minimum Gasteiger partial charge on any atom is -0.386 e. The average Bonchev–Trinajstić information content (AvgIpc) is 2.30. The number of hydrogen-bond donors (Lipinski definition) is 1. The summed E-state index contributed by atoms with van der Waals surface area (Å²) >= 11 is 0. The van der Waals surface area contributed by atoms with Crippen molar-refractivity contribution in [2.45, 2.75) is 52.7 Å². The molecule has 1 aromatic carbocycles. The molecule has 0 amide bonds. The van der Waals surface area contributed by atoms with Crippen LogP contribution in [0.2, 0.25) is 0 Å². The Labute approximate surface area is 105 Å². The van der Waals surface area contributed by atoms with Gasteiger partial charge in [-0.2, -0.15) is 0 Å². The molecule has 0 aromatic heterocycles. The van der Waals surface area contributed by atoms with Crippen molar-refractivity contribution in [3.8, 4) is 0 Å². The molecule has 0 fully saturated rings. The molecule has 2 atom stereocenters. The zero-order valence-corrected chi connectivity index (χ0v) is 11.6. The fourth-order valence-corrected chi connectivity index (χ4v) is 2.19. The highest BCUT2D eigenvalue weighted by molar-refractivity contribution is 5.38. The van der Waals surface area contributed by atoms with Crippen LogP contribution in [0, 0.1) is 20.8 Å². The monoisotopic (exact) mass is 236 g/mol. The van der Waals surface area contributed by atoms with Crippen LogP contribution in [0.4, 0.5) is 0 Å². The normalized spacial score (nSPS) is 14.7. The number of aryl methyl sites for hydroxylation is 3. The Hall–Kier alpha value is -0.860. The van der Waals surface area contributed by atoms with Gasteiger partial charge < -0.3 is 9.84 Å². The molecule has 1 aromatic rings. The fraction of sp³-hybridized carbons (Fsp3) is 0.600. The molecule has 0 radical (unpaired) electrons. The van der Waals surface area contributed by atoms with Crippen LogP contribution in [0.15, 0.2) is 12.1 Å². The molecule has 1 rings (SSSR count). The molecule has 0 saturated heterocycles. The van der Waals surface area contributed by atoms with Crippen LogP contribution in [-0.4, -0.2) is 18.3 Å². The van der Waals surface area contributed by atoms with Gasteiger partial charge in [0.25, 0.3) is 0 Å².